The van der Waals surface area contributed by atoms with Gasteiger partial charge in [-0.05, 0) is 50.3 Å². The van der Waals surface area contributed by atoms with Crippen molar-refractivity contribution in [2.75, 3.05) is 23.3 Å². The van der Waals surface area contributed by atoms with E-state index in [1.54, 1.807) is 6.92 Å². The summed E-state index contributed by atoms with van der Waals surface area (Å²) in [5.74, 6) is 1.41. The highest BCUT2D eigenvalue weighted by atomic mass is 35.5. The molecule has 1 aliphatic rings. The van der Waals surface area contributed by atoms with E-state index in [-0.39, 0.29) is 24.4 Å². The Labute approximate surface area is 190 Å². The van der Waals surface area contributed by atoms with Crippen molar-refractivity contribution in [1.29, 1.82) is 5.26 Å². The summed E-state index contributed by atoms with van der Waals surface area (Å²) in [5.41, 5.74) is 3.37. The van der Waals surface area contributed by atoms with Crippen LogP contribution in [0.15, 0.2) is 24.3 Å². The fraction of sp³-hybridized carbons (Fsp3) is 0.478. The van der Waals surface area contributed by atoms with Crippen molar-refractivity contribution in [3.8, 4) is 6.07 Å². The molecule has 1 aromatic heterocycles. The number of aryl methyl sites for hydroxylation is 2. The number of halogens is 1. The van der Waals surface area contributed by atoms with E-state index in [0.29, 0.717) is 11.5 Å². The van der Waals surface area contributed by atoms with Crippen LogP contribution in [-0.2, 0) is 11.2 Å². The van der Waals surface area contributed by atoms with Crippen molar-refractivity contribution >= 4 is 35.8 Å². The Morgan fingerprint density at radius 3 is 2.84 bits per heavy atom. The van der Waals surface area contributed by atoms with E-state index in [1.807, 2.05) is 25.1 Å². The molecule has 1 amide bonds. The Balaban J connectivity index is 0.00000341. The summed E-state index contributed by atoms with van der Waals surface area (Å²) in [4.78, 5) is 23.2. The number of nitrogens with one attached hydrogen (secondary N) is 2. The summed E-state index contributed by atoms with van der Waals surface area (Å²) in [6.07, 6.45) is 5.04. The van der Waals surface area contributed by atoms with Crippen LogP contribution in [0.1, 0.15) is 56.4 Å². The first-order valence-corrected chi connectivity index (χ1v) is 10.7. The van der Waals surface area contributed by atoms with Gasteiger partial charge in [-0.2, -0.15) is 10.2 Å². The number of carbonyl (C=O) groups excluding carboxylic acids is 1. The lowest BCUT2D eigenvalue weighted by Crippen LogP contribution is -2.47. The first-order valence-electron chi connectivity index (χ1n) is 10.7. The van der Waals surface area contributed by atoms with E-state index in [4.69, 9.17) is 9.97 Å². The van der Waals surface area contributed by atoms with E-state index in [9.17, 15) is 10.1 Å². The molecule has 2 aromatic rings. The van der Waals surface area contributed by atoms with E-state index in [2.05, 4.69) is 34.6 Å². The molecule has 1 unspecified atom stereocenters. The minimum absolute atomic E-state index is 0. The third-order valence-corrected chi connectivity index (χ3v) is 5.32. The van der Waals surface area contributed by atoms with Crippen LogP contribution >= 0.6 is 12.4 Å². The number of hydrogen-bond acceptors (Lipinski definition) is 6. The minimum Gasteiger partial charge on any atom is -0.354 e. The molecule has 1 saturated heterocycles. The van der Waals surface area contributed by atoms with Crippen LogP contribution in [0.25, 0.3) is 0 Å². The van der Waals surface area contributed by atoms with Gasteiger partial charge in [-0.3, -0.25) is 4.79 Å². The molecule has 8 heteroatoms. The van der Waals surface area contributed by atoms with Gasteiger partial charge in [-0.25, -0.2) is 4.98 Å². The molecule has 7 nitrogen and oxygen atoms in total. The van der Waals surface area contributed by atoms with Crippen LogP contribution in [0, 0.1) is 18.3 Å². The zero-order chi connectivity index (χ0) is 21.5. The molecular formula is C23H31ClN6O. The fourth-order valence-electron chi connectivity index (χ4n) is 3.73. The number of aromatic nitrogens is 2. The highest BCUT2D eigenvalue weighted by molar-refractivity contribution is 5.85. The maximum Gasteiger partial charge on any atom is 0.229 e. The fourth-order valence-corrected chi connectivity index (χ4v) is 3.73. The second-order valence-electron chi connectivity index (χ2n) is 7.90. The van der Waals surface area contributed by atoms with E-state index in [1.165, 1.54) is 0 Å². The van der Waals surface area contributed by atoms with Crippen molar-refractivity contribution in [1.82, 2.24) is 15.3 Å². The third kappa shape index (κ3) is 6.83. The number of nitriles is 1. The molecule has 3 rings (SSSR count). The van der Waals surface area contributed by atoms with Crippen molar-refractivity contribution in [3.63, 3.8) is 0 Å². The van der Waals surface area contributed by atoms with Crippen molar-refractivity contribution in [2.45, 2.75) is 58.9 Å². The predicted octanol–water partition coefficient (Wildman–Crippen LogP) is 4.27. The number of amides is 1. The van der Waals surface area contributed by atoms with Crippen molar-refractivity contribution in [3.05, 3.63) is 41.1 Å². The molecule has 1 fully saturated rings. The van der Waals surface area contributed by atoms with Crippen LogP contribution in [-0.4, -0.2) is 35.0 Å². The van der Waals surface area contributed by atoms with Gasteiger partial charge in [0, 0.05) is 43.5 Å². The molecule has 2 N–H and O–H groups in total. The summed E-state index contributed by atoms with van der Waals surface area (Å²) in [5, 5.41) is 15.6. The highest BCUT2D eigenvalue weighted by Gasteiger charge is 2.22. The van der Waals surface area contributed by atoms with Gasteiger partial charge in [0.25, 0.3) is 0 Å². The molecular weight excluding hydrogens is 412 g/mol. The van der Waals surface area contributed by atoms with Crippen LogP contribution in [0.3, 0.4) is 0 Å². The number of rotatable bonds is 7. The number of anilines is 3. The number of benzene rings is 1. The largest absolute Gasteiger partial charge is 0.354 e. The Bertz CT molecular complexity index is 942. The summed E-state index contributed by atoms with van der Waals surface area (Å²) < 4.78 is 0. The SMILES string of the molecule is CCCCc1cc(N2CCCC(NC(C)=O)C2)nc(Nc2ccc(C)c(C#N)c2)n1.Cl. The molecule has 31 heavy (non-hydrogen) atoms. The normalized spacial score (nSPS) is 15.5. The number of hydrogen-bond donors (Lipinski definition) is 2. The van der Waals surface area contributed by atoms with Gasteiger partial charge in [-0.15, -0.1) is 12.4 Å². The highest BCUT2D eigenvalue weighted by Crippen LogP contribution is 2.24. The Morgan fingerprint density at radius 1 is 1.32 bits per heavy atom. The average molecular weight is 443 g/mol. The van der Waals surface area contributed by atoms with Gasteiger partial charge in [0.2, 0.25) is 11.9 Å². The zero-order valence-electron chi connectivity index (χ0n) is 18.4. The monoisotopic (exact) mass is 442 g/mol. The van der Waals surface area contributed by atoms with Gasteiger partial charge in [0.15, 0.2) is 0 Å². The van der Waals surface area contributed by atoms with Gasteiger partial charge in [0.1, 0.15) is 5.82 Å². The van der Waals surface area contributed by atoms with Gasteiger partial charge in [-0.1, -0.05) is 19.4 Å². The molecule has 0 saturated carbocycles. The molecule has 0 bridgehead atoms. The number of unbranched alkanes of at least 4 members (excludes halogenated alkanes) is 1. The summed E-state index contributed by atoms with van der Waals surface area (Å²) in [7, 11) is 0. The molecule has 0 radical (unpaired) electrons. The zero-order valence-corrected chi connectivity index (χ0v) is 19.3. The predicted molar refractivity (Wildman–Crippen MR) is 126 cm³/mol. The van der Waals surface area contributed by atoms with Crippen LogP contribution in [0.4, 0.5) is 17.5 Å². The first-order chi connectivity index (χ1) is 14.5. The van der Waals surface area contributed by atoms with Crippen LogP contribution in [0.5, 0.6) is 0 Å². The third-order valence-electron chi connectivity index (χ3n) is 5.32. The Hall–Kier alpha value is -2.85. The lowest BCUT2D eigenvalue weighted by molar-refractivity contribution is -0.119. The molecule has 1 atom stereocenters. The lowest BCUT2D eigenvalue weighted by atomic mass is 10.1. The number of nitrogens with zero attached hydrogens (tertiary/aromatic N) is 4. The van der Waals surface area contributed by atoms with Gasteiger partial charge in [0.05, 0.1) is 11.6 Å². The summed E-state index contributed by atoms with van der Waals surface area (Å²) in [6.45, 7) is 7.30. The molecule has 1 aromatic carbocycles. The van der Waals surface area contributed by atoms with Crippen molar-refractivity contribution < 1.29 is 4.79 Å². The maximum atomic E-state index is 11.5. The van der Waals surface area contributed by atoms with E-state index >= 15 is 0 Å². The number of piperidine rings is 1. The average Bonchev–Trinajstić information content (AvgIpc) is 2.73. The van der Waals surface area contributed by atoms with E-state index in [0.717, 1.165) is 68.0 Å². The lowest BCUT2D eigenvalue weighted by Gasteiger charge is -2.34. The van der Waals surface area contributed by atoms with Gasteiger partial charge >= 0.3 is 0 Å². The Kier molecular flexibility index (Phi) is 9.07. The number of carbonyl (C=O) groups is 1. The van der Waals surface area contributed by atoms with Crippen LogP contribution < -0.4 is 15.5 Å². The second-order valence-corrected chi connectivity index (χ2v) is 7.90. The molecule has 0 aliphatic carbocycles. The van der Waals surface area contributed by atoms with Gasteiger partial charge < -0.3 is 15.5 Å². The minimum atomic E-state index is 0. The quantitative estimate of drug-likeness (QED) is 0.665. The van der Waals surface area contributed by atoms with Crippen molar-refractivity contribution in [2.24, 2.45) is 0 Å². The molecule has 166 valence electrons. The maximum absolute atomic E-state index is 11.5. The second kappa shape index (κ2) is 11.5. The Morgan fingerprint density at radius 2 is 2.13 bits per heavy atom. The summed E-state index contributed by atoms with van der Waals surface area (Å²) >= 11 is 0. The molecule has 0 spiro atoms. The standard InChI is InChI=1S/C23H30N6O.ClH/c1-4-5-7-19-13-22(29-11-6-8-21(15-29)25-17(3)30)28-23(26-19)27-20-10-9-16(2)18(12-20)14-24;/h9-10,12-13,21H,4-8,11,15H2,1-3H3,(H,25,30)(H,26,27,28);1H. The molecule has 1 aliphatic heterocycles. The summed E-state index contributed by atoms with van der Waals surface area (Å²) in [6, 6.07) is 10.1. The smallest absolute Gasteiger partial charge is 0.229 e. The topological polar surface area (TPSA) is 93.9 Å². The van der Waals surface area contributed by atoms with E-state index < -0.39 is 0 Å². The van der Waals surface area contributed by atoms with Crippen LogP contribution in [0.2, 0.25) is 0 Å². The molecule has 2 heterocycles. The first kappa shape index (κ1) is 24.4.